The lowest BCUT2D eigenvalue weighted by molar-refractivity contribution is 0.415. The number of hydrogen-bond acceptors (Lipinski definition) is 4. The van der Waals surface area contributed by atoms with Gasteiger partial charge in [-0.2, -0.15) is 0 Å². The SMILES string of the molecule is COc1ccc(Nc2c(-c3ccc(C)o3)nc3ccc(Br)cn23)cc1. The maximum atomic E-state index is 5.80. The van der Waals surface area contributed by atoms with Gasteiger partial charge in [-0.1, -0.05) is 0 Å². The summed E-state index contributed by atoms with van der Waals surface area (Å²) < 4.78 is 14.0. The quantitative estimate of drug-likeness (QED) is 0.499. The molecular formula is C19H16BrN3O2. The largest absolute Gasteiger partial charge is 0.497 e. The van der Waals surface area contributed by atoms with E-state index in [1.54, 1.807) is 7.11 Å². The van der Waals surface area contributed by atoms with E-state index in [0.717, 1.165) is 44.6 Å². The van der Waals surface area contributed by atoms with E-state index in [2.05, 4.69) is 21.2 Å². The molecule has 3 aromatic heterocycles. The van der Waals surface area contributed by atoms with Crippen molar-refractivity contribution >= 4 is 33.1 Å². The molecule has 0 bridgehead atoms. The van der Waals surface area contributed by atoms with Gasteiger partial charge in [0.1, 0.15) is 28.7 Å². The molecule has 0 aliphatic rings. The maximum Gasteiger partial charge on any atom is 0.156 e. The number of nitrogens with zero attached hydrogens (tertiary/aromatic N) is 2. The number of nitrogens with one attached hydrogen (secondary N) is 1. The van der Waals surface area contributed by atoms with Gasteiger partial charge in [0.15, 0.2) is 5.76 Å². The summed E-state index contributed by atoms with van der Waals surface area (Å²) in [5.41, 5.74) is 2.54. The van der Waals surface area contributed by atoms with Crippen LogP contribution in [0.2, 0.25) is 0 Å². The van der Waals surface area contributed by atoms with Gasteiger partial charge in [-0.25, -0.2) is 4.98 Å². The Hall–Kier alpha value is -2.73. The van der Waals surface area contributed by atoms with E-state index in [-0.39, 0.29) is 0 Å². The lowest BCUT2D eigenvalue weighted by atomic mass is 10.3. The summed E-state index contributed by atoms with van der Waals surface area (Å²) in [5, 5.41) is 3.45. The lowest BCUT2D eigenvalue weighted by Gasteiger charge is -2.09. The lowest BCUT2D eigenvalue weighted by Crippen LogP contribution is -1.97. The number of imidazole rings is 1. The number of fused-ring (bicyclic) bond motifs is 1. The molecule has 3 heterocycles. The number of aromatic nitrogens is 2. The molecule has 0 saturated heterocycles. The molecule has 4 rings (SSSR count). The predicted octanol–water partition coefficient (Wildman–Crippen LogP) is 5.42. The highest BCUT2D eigenvalue weighted by molar-refractivity contribution is 9.10. The Balaban J connectivity index is 1.85. The molecule has 5 nitrogen and oxygen atoms in total. The summed E-state index contributed by atoms with van der Waals surface area (Å²) in [5.74, 6) is 3.24. The minimum Gasteiger partial charge on any atom is -0.497 e. The Morgan fingerprint density at radius 1 is 1.08 bits per heavy atom. The summed E-state index contributed by atoms with van der Waals surface area (Å²) in [6.45, 7) is 1.92. The molecule has 0 saturated carbocycles. The average Bonchev–Trinajstić information content (AvgIpc) is 3.19. The van der Waals surface area contributed by atoms with Gasteiger partial charge >= 0.3 is 0 Å². The van der Waals surface area contributed by atoms with Crippen LogP contribution >= 0.6 is 15.9 Å². The smallest absolute Gasteiger partial charge is 0.156 e. The molecule has 0 aliphatic carbocycles. The number of benzene rings is 1. The van der Waals surface area contributed by atoms with Crippen molar-refractivity contribution < 1.29 is 9.15 Å². The van der Waals surface area contributed by atoms with Crippen molar-refractivity contribution in [2.75, 3.05) is 12.4 Å². The fraction of sp³-hybridized carbons (Fsp3) is 0.105. The highest BCUT2D eigenvalue weighted by Gasteiger charge is 2.17. The molecule has 1 N–H and O–H groups in total. The van der Waals surface area contributed by atoms with Gasteiger partial charge in [0.2, 0.25) is 0 Å². The second kappa shape index (κ2) is 6.29. The summed E-state index contributed by atoms with van der Waals surface area (Å²) in [6, 6.07) is 15.6. The van der Waals surface area contributed by atoms with Crippen LogP contribution in [0.15, 0.2) is 63.6 Å². The predicted molar refractivity (Wildman–Crippen MR) is 102 cm³/mol. The van der Waals surface area contributed by atoms with Gasteiger partial charge < -0.3 is 14.5 Å². The van der Waals surface area contributed by atoms with E-state index in [1.165, 1.54) is 0 Å². The summed E-state index contributed by atoms with van der Waals surface area (Å²) in [7, 11) is 1.65. The second-order valence-electron chi connectivity index (χ2n) is 5.65. The van der Waals surface area contributed by atoms with Crippen molar-refractivity contribution in [3.05, 3.63) is 65.0 Å². The van der Waals surface area contributed by atoms with Crippen molar-refractivity contribution in [1.29, 1.82) is 0 Å². The molecular weight excluding hydrogens is 382 g/mol. The molecule has 0 aliphatic heterocycles. The van der Waals surface area contributed by atoms with Crippen molar-refractivity contribution in [2.45, 2.75) is 6.92 Å². The van der Waals surface area contributed by atoms with Crippen LogP contribution < -0.4 is 10.1 Å². The van der Waals surface area contributed by atoms with Gasteiger partial charge in [-0.05, 0) is 71.4 Å². The minimum absolute atomic E-state index is 0.730. The van der Waals surface area contributed by atoms with E-state index >= 15 is 0 Å². The normalized spacial score (nSPS) is 11.0. The number of anilines is 2. The number of pyridine rings is 1. The van der Waals surface area contributed by atoms with Gasteiger partial charge in [-0.3, -0.25) is 4.40 Å². The molecule has 25 heavy (non-hydrogen) atoms. The van der Waals surface area contributed by atoms with Gasteiger partial charge in [0.05, 0.1) is 7.11 Å². The van der Waals surface area contributed by atoms with Gasteiger partial charge in [-0.15, -0.1) is 0 Å². The molecule has 0 amide bonds. The molecule has 0 fully saturated rings. The van der Waals surface area contributed by atoms with Crippen LogP contribution in [0.3, 0.4) is 0 Å². The third-order valence-electron chi connectivity index (χ3n) is 3.91. The van der Waals surface area contributed by atoms with E-state index in [1.807, 2.05) is 66.1 Å². The molecule has 1 aromatic carbocycles. The van der Waals surface area contributed by atoms with Crippen LogP contribution in [0.25, 0.3) is 17.1 Å². The Bertz CT molecular complexity index is 1030. The third kappa shape index (κ3) is 3.00. The Morgan fingerprint density at radius 2 is 1.88 bits per heavy atom. The number of ether oxygens (including phenoxy) is 1. The first kappa shape index (κ1) is 15.8. The van der Waals surface area contributed by atoms with E-state index in [9.17, 15) is 0 Å². The van der Waals surface area contributed by atoms with Crippen molar-refractivity contribution in [3.8, 4) is 17.2 Å². The minimum atomic E-state index is 0.730. The summed E-state index contributed by atoms with van der Waals surface area (Å²) in [4.78, 5) is 4.73. The number of rotatable bonds is 4. The number of aryl methyl sites for hydroxylation is 1. The monoisotopic (exact) mass is 397 g/mol. The van der Waals surface area contributed by atoms with Gasteiger partial charge in [0.25, 0.3) is 0 Å². The van der Waals surface area contributed by atoms with Crippen LogP contribution in [-0.4, -0.2) is 16.5 Å². The molecule has 0 atom stereocenters. The van der Waals surface area contributed by atoms with Crippen LogP contribution in [0.1, 0.15) is 5.76 Å². The molecule has 0 radical (unpaired) electrons. The zero-order chi connectivity index (χ0) is 17.4. The topological polar surface area (TPSA) is 51.7 Å². The number of halogens is 1. The number of furan rings is 1. The van der Waals surface area contributed by atoms with Gasteiger partial charge in [0, 0.05) is 16.4 Å². The van der Waals surface area contributed by atoms with E-state index in [4.69, 9.17) is 14.1 Å². The van der Waals surface area contributed by atoms with Crippen molar-refractivity contribution in [2.24, 2.45) is 0 Å². The van der Waals surface area contributed by atoms with Crippen molar-refractivity contribution in [3.63, 3.8) is 0 Å². The van der Waals surface area contributed by atoms with Crippen molar-refractivity contribution in [1.82, 2.24) is 9.38 Å². The third-order valence-corrected chi connectivity index (χ3v) is 4.38. The van der Waals surface area contributed by atoms with E-state index < -0.39 is 0 Å². The molecule has 126 valence electrons. The van der Waals surface area contributed by atoms with Crippen LogP contribution in [0.4, 0.5) is 11.5 Å². The molecule has 0 spiro atoms. The Labute approximate surface area is 153 Å². The summed E-state index contributed by atoms with van der Waals surface area (Å²) in [6.07, 6.45) is 1.98. The number of methoxy groups -OCH3 is 1. The fourth-order valence-corrected chi connectivity index (χ4v) is 3.02. The average molecular weight is 398 g/mol. The maximum absolute atomic E-state index is 5.80. The highest BCUT2D eigenvalue weighted by atomic mass is 79.9. The molecule has 0 unspecified atom stereocenters. The van der Waals surface area contributed by atoms with Crippen LogP contribution in [0.5, 0.6) is 5.75 Å². The van der Waals surface area contributed by atoms with Crippen LogP contribution in [-0.2, 0) is 0 Å². The first-order valence-electron chi connectivity index (χ1n) is 7.79. The molecule has 6 heteroatoms. The van der Waals surface area contributed by atoms with E-state index in [0.29, 0.717) is 0 Å². The first-order chi connectivity index (χ1) is 12.1. The standard InChI is InChI=1S/C19H16BrN3O2/c1-12-3-9-16(25-12)18-19(21-14-5-7-15(24-2)8-6-14)23-11-13(20)4-10-17(23)22-18/h3-11,21H,1-2H3. The zero-order valence-electron chi connectivity index (χ0n) is 13.8. The fourth-order valence-electron chi connectivity index (χ4n) is 2.68. The Kier molecular flexibility index (Phi) is 3.97. The number of hydrogen-bond donors (Lipinski definition) is 1. The Morgan fingerprint density at radius 3 is 2.56 bits per heavy atom. The first-order valence-corrected chi connectivity index (χ1v) is 8.59. The molecule has 4 aromatic rings. The second-order valence-corrected chi connectivity index (χ2v) is 6.56. The summed E-state index contributed by atoms with van der Waals surface area (Å²) >= 11 is 3.52. The highest BCUT2D eigenvalue weighted by Crippen LogP contribution is 2.33. The van der Waals surface area contributed by atoms with Crippen LogP contribution in [0, 0.1) is 6.92 Å². The zero-order valence-corrected chi connectivity index (χ0v) is 15.4.